The van der Waals surface area contributed by atoms with E-state index in [-0.39, 0.29) is 17.9 Å². The lowest BCUT2D eigenvalue weighted by atomic mass is 9.95. The Balaban J connectivity index is 2.06. The predicted molar refractivity (Wildman–Crippen MR) is 76.7 cm³/mol. The van der Waals surface area contributed by atoms with Gasteiger partial charge in [0.05, 0.1) is 12.0 Å². The van der Waals surface area contributed by atoms with E-state index >= 15 is 0 Å². The summed E-state index contributed by atoms with van der Waals surface area (Å²) >= 11 is 0. The third kappa shape index (κ3) is 3.38. The van der Waals surface area contributed by atoms with E-state index < -0.39 is 5.97 Å². The fraction of sp³-hybridized carbons (Fsp3) is 0.500. The van der Waals surface area contributed by atoms with Crippen molar-refractivity contribution in [1.82, 2.24) is 4.90 Å². The van der Waals surface area contributed by atoms with Gasteiger partial charge in [0.1, 0.15) is 0 Å². The number of benzene rings is 1. The summed E-state index contributed by atoms with van der Waals surface area (Å²) in [5, 5.41) is 9.14. The Hall–Kier alpha value is -1.84. The minimum atomic E-state index is -0.974. The SMILES string of the molecule is CCC1CCCN(C(=O)Cc2ccccc2C(=O)O)C1. The molecule has 0 aliphatic carbocycles. The molecular formula is C16H21NO3. The zero-order valence-electron chi connectivity index (χ0n) is 11.8. The van der Waals surface area contributed by atoms with E-state index in [1.807, 2.05) is 4.90 Å². The fourth-order valence-electron chi connectivity index (χ4n) is 2.78. The molecule has 4 nitrogen and oxygen atoms in total. The van der Waals surface area contributed by atoms with E-state index in [0.717, 1.165) is 25.9 Å². The highest BCUT2D eigenvalue weighted by Gasteiger charge is 2.23. The molecule has 1 saturated heterocycles. The summed E-state index contributed by atoms with van der Waals surface area (Å²) in [4.78, 5) is 25.4. The van der Waals surface area contributed by atoms with Gasteiger partial charge in [-0.2, -0.15) is 0 Å². The van der Waals surface area contributed by atoms with Gasteiger partial charge in [-0.15, -0.1) is 0 Å². The molecule has 1 fully saturated rings. The Morgan fingerprint density at radius 2 is 2.10 bits per heavy atom. The van der Waals surface area contributed by atoms with Crippen LogP contribution in [0.25, 0.3) is 0 Å². The zero-order chi connectivity index (χ0) is 14.5. The van der Waals surface area contributed by atoms with Crippen LogP contribution in [0.2, 0.25) is 0 Å². The van der Waals surface area contributed by atoms with Gasteiger partial charge in [0, 0.05) is 13.1 Å². The molecule has 0 radical (unpaired) electrons. The van der Waals surface area contributed by atoms with E-state index in [2.05, 4.69) is 6.92 Å². The fourth-order valence-corrected chi connectivity index (χ4v) is 2.78. The first-order chi connectivity index (χ1) is 9.61. The van der Waals surface area contributed by atoms with Crippen molar-refractivity contribution in [3.05, 3.63) is 35.4 Å². The lowest BCUT2D eigenvalue weighted by Gasteiger charge is -2.32. The van der Waals surface area contributed by atoms with Gasteiger partial charge in [-0.05, 0) is 30.4 Å². The molecule has 1 aliphatic heterocycles. The van der Waals surface area contributed by atoms with Crippen molar-refractivity contribution in [2.75, 3.05) is 13.1 Å². The number of likely N-dealkylation sites (tertiary alicyclic amines) is 1. The van der Waals surface area contributed by atoms with Gasteiger partial charge in [0.15, 0.2) is 0 Å². The maximum Gasteiger partial charge on any atom is 0.335 e. The maximum absolute atomic E-state index is 12.3. The summed E-state index contributed by atoms with van der Waals surface area (Å²) in [7, 11) is 0. The van der Waals surface area contributed by atoms with Crippen molar-refractivity contribution in [3.63, 3.8) is 0 Å². The van der Waals surface area contributed by atoms with Gasteiger partial charge in [-0.25, -0.2) is 4.79 Å². The number of rotatable bonds is 4. The summed E-state index contributed by atoms with van der Waals surface area (Å²) < 4.78 is 0. The Kier molecular flexibility index (Phi) is 4.77. The molecule has 0 bridgehead atoms. The first-order valence-electron chi connectivity index (χ1n) is 7.20. The van der Waals surface area contributed by atoms with Gasteiger partial charge in [-0.1, -0.05) is 31.5 Å². The van der Waals surface area contributed by atoms with Crippen LogP contribution in [0.4, 0.5) is 0 Å². The molecule has 1 aromatic rings. The lowest BCUT2D eigenvalue weighted by molar-refractivity contribution is -0.132. The summed E-state index contributed by atoms with van der Waals surface area (Å²) in [6.45, 7) is 3.76. The number of carboxylic acid groups (broad SMARTS) is 1. The second-order valence-electron chi connectivity index (χ2n) is 5.40. The number of nitrogens with zero attached hydrogens (tertiary/aromatic N) is 1. The van der Waals surface area contributed by atoms with Crippen LogP contribution in [0.3, 0.4) is 0 Å². The number of hydrogen-bond donors (Lipinski definition) is 1. The molecule has 1 amide bonds. The molecule has 1 N–H and O–H groups in total. The first-order valence-corrected chi connectivity index (χ1v) is 7.20. The average Bonchev–Trinajstić information content (AvgIpc) is 2.47. The molecule has 20 heavy (non-hydrogen) atoms. The molecule has 0 saturated carbocycles. The number of carbonyl (C=O) groups is 2. The molecule has 1 unspecified atom stereocenters. The highest BCUT2D eigenvalue weighted by Crippen LogP contribution is 2.20. The van der Waals surface area contributed by atoms with Crippen LogP contribution in [0.5, 0.6) is 0 Å². The zero-order valence-corrected chi connectivity index (χ0v) is 11.8. The highest BCUT2D eigenvalue weighted by molar-refractivity contribution is 5.91. The number of piperidine rings is 1. The number of carboxylic acids is 1. The van der Waals surface area contributed by atoms with Crippen LogP contribution >= 0.6 is 0 Å². The Morgan fingerprint density at radius 1 is 1.35 bits per heavy atom. The van der Waals surface area contributed by atoms with Gasteiger partial charge >= 0.3 is 5.97 Å². The number of amides is 1. The van der Waals surface area contributed by atoms with Crippen molar-refractivity contribution >= 4 is 11.9 Å². The van der Waals surface area contributed by atoms with Crippen LogP contribution in [0, 0.1) is 5.92 Å². The molecule has 0 spiro atoms. The summed E-state index contributed by atoms with van der Waals surface area (Å²) in [5.41, 5.74) is 0.827. The van der Waals surface area contributed by atoms with Crippen molar-refractivity contribution < 1.29 is 14.7 Å². The Morgan fingerprint density at radius 3 is 2.80 bits per heavy atom. The first kappa shape index (κ1) is 14.6. The topological polar surface area (TPSA) is 57.6 Å². The van der Waals surface area contributed by atoms with Gasteiger partial charge in [0.2, 0.25) is 5.91 Å². The van der Waals surface area contributed by atoms with E-state index in [4.69, 9.17) is 5.11 Å². The van der Waals surface area contributed by atoms with Gasteiger partial charge < -0.3 is 10.0 Å². The number of carbonyl (C=O) groups excluding carboxylic acids is 1. The van der Waals surface area contributed by atoms with Crippen LogP contribution < -0.4 is 0 Å². The maximum atomic E-state index is 12.3. The third-order valence-electron chi connectivity index (χ3n) is 4.04. The van der Waals surface area contributed by atoms with Crippen molar-refractivity contribution in [2.45, 2.75) is 32.6 Å². The van der Waals surface area contributed by atoms with E-state index in [1.54, 1.807) is 24.3 Å². The van der Waals surface area contributed by atoms with Crippen molar-refractivity contribution in [3.8, 4) is 0 Å². The second-order valence-corrected chi connectivity index (χ2v) is 5.40. The van der Waals surface area contributed by atoms with Crippen LogP contribution in [-0.2, 0) is 11.2 Å². The van der Waals surface area contributed by atoms with Gasteiger partial charge in [-0.3, -0.25) is 4.79 Å². The normalized spacial score (nSPS) is 18.9. The van der Waals surface area contributed by atoms with Crippen LogP contribution in [-0.4, -0.2) is 35.0 Å². The molecular weight excluding hydrogens is 254 g/mol. The molecule has 2 rings (SSSR count). The van der Waals surface area contributed by atoms with E-state index in [1.165, 1.54) is 6.42 Å². The molecule has 1 aliphatic rings. The third-order valence-corrected chi connectivity index (χ3v) is 4.04. The second kappa shape index (κ2) is 6.55. The minimum Gasteiger partial charge on any atom is -0.478 e. The largest absolute Gasteiger partial charge is 0.478 e. The van der Waals surface area contributed by atoms with E-state index in [0.29, 0.717) is 11.5 Å². The molecule has 1 heterocycles. The summed E-state index contributed by atoms with van der Waals surface area (Å²) in [6.07, 6.45) is 3.51. The Labute approximate surface area is 119 Å². The Bertz CT molecular complexity index is 498. The quantitative estimate of drug-likeness (QED) is 0.918. The molecule has 1 aromatic carbocycles. The number of hydrogen-bond acceptors (Lipinski definition) is 2. The van der Waals surface area contributed by atoms with Gasteiger partial charge in [0.25, 0.3) is 0 Å². The van der Waals surface area contributed by atoms with Crippen LogP contribution in [0.1, 0.15) is 42.1 Å². The van der Waals surface area contributed by atoms with Crippen LogP contribution in [0.15, 0.2) is 24.3 Å². The average molecular weight is 275 g/mol. The van der Waals surface area contributed by atoms with E-state index in [9.17, 15) is 9.59 Å². The predicted octanol–water partition coefficient (Wildman–Crippen LogP) is 2.58. The van der Waals surface area contributed by atoms with Crippen molar-refractivity contribution in [1.29, 1.82) is 0 Å². The minimum absolute atomic E-state index is 0.0388. The van der Waals surface area contributed by atoms with Crippen molar-refractivity contribution in [2.24, 2.45) is 5.92 Å². The lowest BCUT2D eigenvalue weighted by Crippen LogP contribution is -2.40. The molecule has 108 valence electrons. The smallest absolute Gasteiger partial charge is 0.335 e. The monoisotopic (exact) mass is 275 g/mol. The summed E-state index contributed by atoms with van der Waals surface area (Å²) in [5.74, 6) is -0.349. The highest BCUT2D eigenvalue weighted by atomic mass is 16.4. The molecule has 4 heteroatoms. The number of aromatic carboxylic acids is 1. The molecule has 0 aromatic heterocycles. The summed E-state index contributed by atoms with van der Waals surface area (Å²) in [6, 6.07) is 6.74. The standard InChI is InChI=1S/C16H21NO3/c1-2-12-6-5-9-17(11-12)15(18)10-13-7-3-4-8-14(13)16(19)20/h3-4,7-8,12H,2,5-6,9-11H2,1H3,(H,19,20). The molecule has 1 atom stereocenters.